The molecule has 2 N–H and O–H groups in total. The quantitative estimate of drug-likeness (QED) is 0.757. The van der Waals surface area contributed by atoms with Gasteiger partial charge in [0.1, 0.15) is 0 Å². The van der Waals surface area contributed by atoms with Gasteiger partial charge in [-0.1, -0.05) is 19.8 Å². The summed E-state index contributed by atoms with van der Waals surface area (Å²) in [5, 5.41) is 13.7. The zero-order chi connectivity index (χ0) is 15.3. The number of nitrogens with zero attached hydrogens (tertiary/aromatic N) is 1. The summed E-state index contributed by atoms with van der Waals surface area (Å²) in [6.45, 7) is 9.54. The first-order valence-corrected chi connectivity index (χ1v) is 9.24. The van der Waals surface area contributed by atoms with Crippen LogP contribution in [-0.2, 0) is 0 Å². The maximum Gasteiger partial charge on any atom is 0.0616 e. The summed E-state index contributed by atoms with van der Waals surface area (Å²) in [5.74, 6) is 0.648. The molecule has 2 rings (SSSR count). The van der Waals surface area contributed by atoms with Gasteiger partial charge in [-0.3, -0.25) is 4.90 Å². The third kappa shape index (κ3) is 4.00. The first-order valence-electron chi connectivity index (χ1n) is 9.24. The summed E-state index contributed by atoms with van der Waals surface area (Å²) in [6, 6.07) is 1.48. The Labute approximate surface area is 131 Å². The van der Waals surface area contributed by atoms with Gasteiger partial charge in [-0.05, 0) is 71.4 Å². The lowest BCUT2D eigenvalue weighted by molar-refractivity contribution is 0.0739. The van der Waals surface area contributed by atoms with Crippen LogP contribution in [-0.4, -0.2) is 47.3 Å². The molecule has 0 spiro atoms. The fourth-order valence-corrected chi connectivity index (χ4v) is 4.66. The van der Waals surface area contributed by atoms with Crippen LogP contribution in [0.2, 0.25) is 0 Å². The van der Waals surface area contributed by atoms with Gasteiger partial charge in [0, 0.05) is 17.6 Å². The van der Waals surface area contributed by atoms with Crippen molar-refractivity contribution in [3.05, 3.63) is 0 Å². The number of aliphatic hydroxyl groups excluding tert-OH is 1. The lowest BCUT2D eigenvalue weighted by atomic mass is 9.84. The Morgan fingerprint density at radius 1 is 1.14 bits per heavy atom. The molecule has 0 aromatic rings. The van der Waals surface area contributed by atoms with Crippen LogP contribution in [0.1, 0.15) is 72.1 Å². The minimum absolute atomic E-state index is 0.0122. The van der Waals surface area contributed by atoms with E-state index in [4.69, 9.17) is 0 Å². The third-order valence-corrected chi connectivity index (χ3v) is 6.08. The average Bonchev–Trinajstić information content (AvgIpc) is 2.88. The second-order valence-corrected chi connectivity index (χ2v) is 7.49. The Balaban J connectivity index is 1.91. The van der Waals surface area contributed by atoms with Crippen molar-refractivity contribution in [3.8, 4) is 0 Å². The highest BCUT2D eigenvalue weighted by Crippen LogP contribution is 2.38. The minimum Gasteiger partial charge on any atom is -0.394 e. The molecular formula is C18H36N2O. The van der Waals surface area contributed by atoms with Crippen LogP contribution in [0.25, 0.3) is 0 Å². The number of likely N-dealkylation sites (tertiary alicyclic amines) is 1. The van der Waals surface area contributed by atoms with E-state index in [-0.39, 0.29) is 5.54 Å². The molecule has 2 fully saturated rings. The average molecular weight is 296 g/mol. The molecule has 124 valence electrons. The van der Waals surface area contributed by atoms with Crippen LogP contribution in [0.15, 0.2) is 0 Å². The smallest absolute Gasteiger partial charge is 0.0616 e. The van der Waals surface area contributed by atoms with Crippen molar-refractivity contribution in [2.24, 2.45) is 5.92 Å². The van der Waals surface area contributed by atoms with E-state index in [1.54, 1.807) is 0 Å². The molecule has 1 saturated carbocycles. The van der Waals surface area contributed by atoms with Gasteiger partial charge in [-0.15, -0.1) is 0 Å². The Kier molecular flexibility index (Phi) is 6.51. The molecular weight excluding hydrogens is 260 g/mol. The Morgan fingerprint density at radius 3 is 2.48 bits per heavy atom. The summed E-state index contributed by atoms with van der Waals surface area (Å²) < 4.78 is 0. The zero-order valence-electron chi connectivity index (χ0n) is 14.4. The van der Waals surface area contributed by atoms with Gasteiger partial charge >= 0.3 is 0 Å². The molecule has 0 aromatic carbocycles. The van der Waals surface area contributed by atoms with Crippen LogP contribution >= 0.6 is 0 Å². The Bertz CT molecular complexity index is 300. The summed E-state index contributed by atoms with van der Waals surface area (Å²) in [6.07, 6.45) is 10.2. The number of rotatable bonds is 7. The lowest BCUT2D eigenvalue weighted by Crippen LogP contribution is -2.53. The second kappa shape index (κ2) is 7.94. The van der Waals surface area contributed by atoms with Gasteiger partial charge < -0.3 is 10.4 Å². The van der Waals surface area contributed by atoms with Gasteiger partial charge in [0.15, 0.2) is 0 Å². The molecule has 1 aliphatic heterocycles. The van der Waals surface area contributed by atoms with Crippen molar-refractivity contribution in [2.75, 3.05) is 19.7 Å². The molecule has 0 aromatic heterocycles. The first kappa shape index (κ1) is 17.2. The Hall–Kier alpha value is -0.120. The fraction of sp³-hybridized carbons (Fsp3) is 1.00. The van der Waals surface area contributed by atoms with Crippen molar-refractivity contribution in [1.29, 1.82) is 0 Å². The van der Waals surface area contributed by atoms with E-state index in [0.717, 1.165) is 31.5 Å². The van der Waals surface area contributed by atoms with Crippen LogP contribution in [0.5, 0.6) is 0 Å². The molecule has 0 radical (unpaired) electrons. The van der Waals surface area contributed by atoms with Crippen LogP contribution in [0.4, 0.5) is 0 Å². The molecule has 1 heterocycles. The van der Waals surface area contributed by atoms with E-state index < -0.39 is 0 Å². The first-order chi connectivity index (χ1) is 10.1. The highest BCUT2D eigenvalue weighted by atomic mass is 16.3. The highest BCUT2D eigenvalue weighted by Gasteiger charge is 2.41. The zero-order valence-corrected chi connectivity index (χ0v) is 14.4. The van der Waals surface area contributed by atoms with Crippen molar-refractivity contribution >= 4 is 0 Å². The van der Waals surface area contributed by atoms with Gasteiger partial charge in [0.25, 0.3) is 0 Å². The van der Waals surface area contributed by atoms with Gasteiger partial charge in [0.05, 0.1) is 6.61 Å². The summed E-state index contributed by atoms with van der Waals surface area (Å²) >= 11 is 0. The number of nitrogens with one attached hydrogen (secondary N) is 1. The summed E-state index contributed by atoms with van der Waals surface area (Å²) in [4.78, 5) is 2.71. The molecule has 0 bridgehead atoms. The van der Waals surface area contributed by atoms with E-state index in [2.05, 4.69) is 31.0 Å². The molecule has 21 heavy (non-hydrogen) atoms. The second-order valence-electron chi connectivity index (χ2n) is 7.49. The molecule has 0 amide bonds. The van der Waals surface area contributed by atoms with Gasteiger partial charge in [-0.2, -0.15) is 0 Å². The topological polar surface area (TPSA) is 35.5 Å². The molecule has 2 aliphatic rings. The van der Waals surface area contributed by atoms with Crippen LogP contribution < -0.4 is 5.32 Å². The molecule has 4 unspecified atom stereocenters. The van der Waals surface area contributed by atoms with Crippen LogP contribution in [0.3, 0.4) is 0 Å². The number of aliphatic hydroxyl groups is 1. The van der Waals surface area contributed by atoms with E-state index in [9.17, 15) is 5.11 Å². The number of hydrogen-bond donors (Lipinski definition) is 2. The van der Waals surface area contributed by atoms with E-state index in [1.807, 2.05) is 0 Å². The van der Waals surface area contributed by atoms with Crippen molar-refractivity contribution < 1.29 is 5.11 Å². The molecule has 1 saturated heterocycles. The van der Waals surface area contributed by atoms with E-state index in [1.165, 1.54) is 45.1 Å². The van der Waals surface area contributed by atoms with Crippen LogP contribution in [0, 0.1) is 5.92 Å². The minimum atomic E-state index is 0.0122. The maximum atomic E-state index is 9.98. The maximum absolute atomic E-state index is 9.98. The Morgan fingerprint density at radius 2 is 1.86 bits per heavy atom. The van der Waals surface area contributed by atoms with Crippen molar-refractivity contribution in [1.82, 2.24) is 10.2 Å². The SMILES string of the molecule is CCCNC1(CO)CCCC1CCN1C(C)CCCC1C. The van der Waals surface area contributed by atoms with E-state index in [0.29, 0.717) is 12.5 Å². The predicted molar refractivity (Wildman–Crippen MR) is 89.5 cm³/mol. The van der Waals surface area contributed by atoms with Crippen molar-refractivity contribution in [2.45, 2.75) is 89.8 Å². The third-order valence-electron chi connectivity index (χ3n) is 6.08. The molecule has 1 aliphatic carbocycles. The molecule has 3 heteroatoms. The largest absolute Gasteiger partial charge is 0.394 e. The molecule has 4 atom stereocenters. The van der Waals surface area contributed by atoms with E-state index >= 15 is 0 Å². The van der Waals surface area contributed by atoms with Gasteiger partial charge in [-0.25, -0.2) is 0 Å². The number of hydrogen-bond acceptors (Lipinski definition) is 3. The predicted octanol–water partition coefficient (Wildman–Crippen LogP) is 3.17. The normalized spacial score (nSPS) is 38.0. The highest BCUT2D eigenvalue weighted by molar-refractivity contribution is 4.99. The lowest BCUT2D eigenvalue weighted by Gasteiger charge is -2.41. The monoisotopic (exact) mass is 296 g/mol. The number of piperidine rings is 1. The summed E-state index contributed by atoms with van der Waals surface area (Å²) in [5.41, 5.74) is 0.0122. The standard InChI is InChI=1S/C18H36N2O/c1-4-12-19-18(14-21)11-6-9-17(18)10-13-20-15(2)7-5-8-16(20)3/h15-17,19,21H,4-14H2,1-3H3. The molecule has 3 nitrogen and oxygen atoms in total. The fourth-order valence-electron chi connectivity index (χ4n) is 4.66. The van der Waals surface area contributed by atoms with Gasteiger partial charge in [0.2, 0.25) is 0 Å². The van der Waals surface area contributed by atoms with Crippen molar-refractivity contribution in [3.63, 3.8) is 0 Å². The summed E-state index contributed by atoms with van der Waals surface area (Å²) in [7, 11) is 0.